The van der Waals surface area contributed by atoms with Crippen LogP contribution >= 0.6 is 15.9 Å². The van der Waals surface area contributed by atoms with E-state index in [1.165, 1.54) is 12.1 Å². The molecule has 4 nitrogen and oxygen atoms in total. The summed E-state index contributed by atoms with van der Waals surface area (Å²) in [6.07, 6.45) is 0. The molecule has 0 unspecified atom stereocenters. The molecular weight excluding hydrogens is 332 g/mol. The summed E-state index contributed by atoms with van der Waals surface area (Å²) in [4.78, 5) is 12.9. The predicted molar refractivity (Wildman–Crippen MR) is 84.4 cm³/mol. The second-order valence-corrected chi connectivity index (χ2v) is 5.55. The number of anilines is 1. The Bertz CT molecular complexity index is 705. The van der Waals surface area contributed by atoms with Crippen molar-refractivity contribution < 1.29 is 9.90 Å². The van der Waals surface area contributed by atoms with Gasteiger partial charge >= 0.3 is 5.97 Å². The van der Waals surface area contributed by atoms with Crippen LogP contribution < -0.4 is 4.90 Å². The van der Waals surface area contributed by atoms with Gasteiger partial charge in [-0.2, -0.15) is 5.26 Å². The van der Waals surface area contributed by atoms with Crippen molar-refractivity contribution in [3.63, 3.8) is 0 Å². The molecule has 0 amide bonds. The lowest BCUT2D eigenvalue weighted by molar-refractivity contribution is 0.0697. The van der Waals surface area contributed by atoms with E-state index in [4.69, 9.17) is 5.11 Å². The maximum Gasteiger partial charge on any atom is 0.335 e. The number of nitriles is 1. The molecule has 0 aromatic heterocycles. The van der Waals surface area contributed by atoms with Crippen molar-refractivity contribution >= 4 is 27.6 Å². The number of carboxylic acid groups (broad SMARTS) is 1. The average Bonchev–Trinajstić information content (AvgIpc) is 2.48. The molecule has 0 heterocycles. The van der Waals surface area contributed by atoms with Crippen LogP contribution in [0.2, 0.25) is 0 Å². The first-order chi connectivity index (χ1) is 10.0. The molecule has 106 valence electrons. The van der Waals surface area contributed by atoms with Gasteiger partial charge in [-0.15, -0.1) is 0 Å². The minimum atomic E-state index is -1.03. The van der Waals surface area contributed by atoms with Gasteiger partial charge in [0.2, 0.25) is 0 Å². The van der Waals surface area contributed by atoms with Crippen LogP contribution in [0.3, 0.4) is 0 Å². The third kappa shape index (κ3) is 3.61. The third-order valence-electron chi connectivity index (χ3n) is 3.11. The fraction of sp³-hybridized carbons (Fsp3) is 0.125. The van der Waals surface area contributed by atoms with E-state index < -0.39 is 5.97 Å². The smallest absolute Gasteiger partial charge is 0.335 e. The molecule has 5 heteroatoms. The summed E-state index contributed by atoms with van der Waals surface area (Å²) in [6.45, 7) is 0.633. The van der Waals surface area contributed by atoms with Crippen LogP contribution in [0.1, 0.15) is 21.5 Å². The van der Waals surface area contributed by atoms with Gasteiger partial charge in [-0.05, 0) is 35.9 Å². The first kappa shape index (κ1) is 15.1. The summed E-state index contributed by atoms with van der Waals surface area (Å²) < 4.78 is 1.01. The summed E-state index contributed by atoms with van der Waals surface area (Å²) in [5.41, 5.74) is 2.29. The number of benzene rings is 2. The van der Waals surface area contributed by atoms with E-state index in [0.717, 1.165) is 10.0 Å². The number of halogens is 1. The van der Waals surface area contributed by atoms with Gasteiger partial charge in [0.05, 0.1) is 16.8 Å². The van der Waals surface area contributed by atoms with Crippen molar-refractivity contribution in [1.29, 1.82) is 5.26 Å². The zero-order chi connectivity index (χ0) is 15.4. The average molecular weight is 345 g/mol. The third-order valence-corrected chi connectivity index (χ3v) is 3.64. The summed E-state index contributed by atoms with van der Waals surface area (Å²) in [5, 5.41) is 18.2. The molecule has 2 rings (SSSR count). The monoisotopic (exact) mass is 344 g/mol. The molecule has 0 aliphatic heterocycles. The first-order valence-electron chi connectivity index (χ1n) is 6.24. The molecule has 0 fully saturated rings. The molecule has 1 N–H and O–H groups in total. The van der Waals surface area contributed by atoms with Crippen molar-refractivity contribution in [2.75, 3.05) is 11.9 Å². The van der Waals surface area contributed by atoms with Crippen LogP contribution in [0.25, 0.3) is 0 Å². The van der Waals surface area contributed by atoms with E-state index in [2.05, 4.69) is 22.0 Å². The molecule has 0 spiro atoms. The molecule has 0 aliphatic rings. The lowest BCUT2D eigenvalue weighted by atomic mass is 10.1. The maximum absolute atomic E-state index is 10.9. The maximum atomic E-state index is 10.9. The lowest BCUT2D eigenvalue weighted by Gasteiger charge is -2.21. The second-order valence-electron chi connectivity index (χ2n) is 4.63. The van der Waals surface area contributed by atoms with E-state index in [-0.39, 0.29) is 5.56 Å². The Hall–Kier alpha value is -2.32. The molecule has 0 bridgehead atoms. The largest absolute Gasteiger partial charge is 0.478 e. The zero-order valence-corrected chi connectivity index (χ0v) is 13.0. The Labute approximate surface area is 131 Å². The van der Waals surface area contributed by atoms with E-state index in [0.29, 0.717) is 17.8 Å². The highest BCUT2D eigenvalue weighted by Gasteiger charge is 2.11. The van der Waals surface area contributed by atoms with Crippen LogP contribution in [-0.2, 0) is 6.54 Å². The van der Waals surface area contributed by atoms with Gasteiger partial charge in [0, 0.05) is 18.1 Å². The minimum absolute atomic E-state index is 0.118. The van der Waals surface area contributed by atoms with E-state index >= 15 is 0 Å². The molecule has 2 aromatic carbocycles. The zero-order valence-electron chi connectivity index (χ0n) is 11.4. The van der Waals surface area contributed by atoms with Crippen molar-refractivity contribution in [3.8, 4) is 6.07 Å². The van der Waals surface area contributed by atoms with Gasteiger partial charge in [0.1, 0.15) is 6.07 Å². The second kappa shape index (κ2) is 6.42. The lowest BCUT2D eigenvalue weighted by Crippen LogP contribution is -2.17. The fourth-order valence-electron chi connectivity index (χ4n) is 2.04. The highest BCUT2D eigenvalue weighted by atomic mass is 79.9. The number of hydrogen-bond donors (Lipinski definition) is 1. The molecule has 0 atom stereocenters. The minimum Gasteiger partial charge on any atom is -0.478 e. The Morgan fingerprint density at radius 2 is 1.95 bits per heavy atom. The highest BCUT2D eigenvalue weighted by Crippen LogP contribution is 2.22. The molecule has 0 saturated heterocycles. The molecule has 0 radical (unpaired) electrons. The van der Waals surface area contributed by atoms with Crippen LogP contribution in [0.15, 0.2) is 46.9 Å². The number of nitrogens with zero attached hydrogens (tertiary/aromatic N) is 2. The van der Waals surface area contributed by atoms with Crippen LogP contribution in [0, 0.1) is 11.3 Å². The highest BCUT2D eigenvalue weighted by molar-refractivity contribution is 9.10. The molecule has 2 aromatic rings. The van der Waals surface area contributed by atoms with Crippen molar-refractivity contribution in [2.45, 2.75) is 6.54 Å². The molecule has 0 saturated carbocycles. The molecule has 21 heavy (non-hydrogen) atoms. The quantitative estimate of drug-likeness (QED) is 0.919. The number of rotatable bonds is 4. The Balaban J connectivity index is 2.26. The van der Waals surface area contributed by atoms with Crippen molar-refractivity contribution in [3.05, 3.63) is 63.6 Å². The number of carboxylic acids is 1. The van der Waals surface area contributed by atoms with Gasteiger partial charge in [0.15, 0.2) is 0 Å². The topological polar surface area (TPSA) is 64.3 Å². The summed E-state index contributed by atoms with van der Waals surface area (Å²) in [7, 11) is 1.87. The molecule has 0 aliphatic carbocycles. The van der Waals surface area contributed by atoms with E-state index in [1.807, 2.05) is 36.2 Å². The Morgan fingerprint density at radius 1 is 1.29 bits per heavy atom. The van der Waals surface area contributed by atoms with Gasteiger partial charge in [-0.3, -0.25) is 0 Å². The fourth-order valence-corrected chi connectivity index (χ4v) is 2.30. The standard InChI is InChI=1S/C16H13BrN2O2/c1-19(10-11-2-5-14(17)6-3-11)15-7-4-12(16(20)21)8-13(15)9-18/h2-8H,10H2,1H3,(H,20,21). The number of hydrogen-bond acceptors (Lipinski definition) is 3. The van der Waals surface area contributed by atoms with Gasteiger partial charge in [0.25, 0.3) is 0 Å². The Kier molecular flexibility index (Phi) is 4.61. The predicted octanol–water partition coefficient (Wildman–Crippen LogP) is 3.66. The van der Waals surface area contributed by atoms with Gasteiger partial charge in [-0.1, -0.05) is 28.1 Å². The van der Waals surface area contributed by atoms with E-state index in [9.17, 15) is 10.1 Å². The SMILES string of the molecule is CN(Cc1ccc(Br)cc1)c1ccc(C(=O)O)cc1C#N. The van der Waals surface area contributed by atoms with Crippen LogP contribution in [-0.4, -0.2) is 18.1 Å². The Morgan fingerprint density at radius 3 is 2.52 bits per heavy atom. The van der Waals surface area contributed by atoms with Crippen molar-refractivity contribution in [2.24, 2.45) is 0 Å². The summed E-state index contributed by atoms with van der Waals surface area (Å²) in [5.74, 6) is -1.03. The van der Waals surface area contributed by atoms with Crippen LogP contribution in [0.4, 0.5) is 5.69 Å². The van der Waals surface area contributed by atoms with Crippen molar-refractivity contribution in [1.82, 2.24) is 0 Å². The van der Waals surface area contributed by atoms with E-state index in [1.54, 1.807) is 6.07 Å². The van der Waals surface area contributed by atoms with Gasteiger partial charge in [-0.25, -0.2) is 4.79 Å². The normalized spacial score (nSPS) is 9.95. The molecular formula is C16H13BrN2O2. The first-order valence-corrected chi connectivity index (χ1v) is 7.03. The van der Waals surface area contributed by atoms with Gasteiger partial charge < -0.3 is 10.0 Å². The number of carbonyl (C=O) groups is 1. The number of aromatic carboxylic acids is 1. The summed E-state index contributed by atoms with van der Waals surface area (Å²) >= 11 is 3.39. The summed E-state index contributed by atoms with van der Waals surface area (Å²) in [6, 6.07) is 14.5. The van der Waals surface area contributed by atoms with Crippen LogP contribution in [0.5, 0.6) is 0 Å².